The molecule has 0 spiro atoms. The molecular formula is C13H12N4O3S. The lowest BCUT2D eigenvalue weighted by atomic mass is 10.2. The van der Waals surface area contributed by atoms with E-state index in [0.29, 0.717) is 11.6 Å². The van der Waals surface area contributed by atoms with Gasteiger partial charge >= 0.3 is 5.69 Å². The molecule has 0 saturated carbocycles. The molecule has 2 N–H and O–H groups in total. The van der Waals surface area contributed by atoms with E-state index in [9.17, 15) is 10.1 Å². The normalized spacial score (nSPS) is 11.0. The highest BCUT2D eigenvalue weighted by Gasteiger charge is 2.20. The number of rotatable bonds is 4. The van der Waals surface area contributed by atoms with Crippen molar-refractivity contribution >= 4 is 22.0 Å². The Kier molecular flexibility index (Phi) is 3.32. The van der Waals surface area contributed by atoms with Gasteiger partial charge in [-0.15, -0.1) is 11.3 Å². The number of nitro benzene ring substituents is 1. The number of aryl methyl sites for hydroxylation is 1. The second kappa shape index (κ2) is 5.15. The lowest BCUT2D eigenvalue weighted by molar-refractivity contribution is -0.385. The number of benzene rings is 1. The average molecular weight is 304 g/mol. The Hall–Kier alpha value is -2.45. The standard InChI is InChI=1S/C13H12N4O3S/c1-8-2-3-9(17(18)19)11(6-8)20-12-10(7-14)16-4-5-21-13(16)15-12/h2-6H,7,14H2,1H3. The van der Waals surface area contributed by atoms with E-state index in [2.05, 4.69) is 4.98 Å². The molecule has 0 bridgehead atoms. The van der Waals surface area contributed by atoms with Gasteiger partial charge in [0.15, 0.2) is 4.96 Å². The van der Waals surface area contributed by atoms with Crippen LogP contribution >= 0.6 is 11.3 Å². The van der Waals surface area contributed by atoms with Crippen molar-refractivity contribution in [3.05, 3.63) is 51.1 Å². The first-order valence-electron chi connectivity index (χ1n) is 6.17. The van der Waals surface area contributed by atoms with E-state index in [1.165, 1.54) is 17.4 Å². The predicted molar refractivity (Wildman–Crippen MR) is 78.9 cm³/mol. The number of nitrogens with zero attached hydrogens (tertiary/aromatic N) is 3. The fourth-order valence-electron chi connectivity index (χ4n) is 2.04. The second-order valence-electron chi connectivity index (χ2n) is 4.45. The fourth-order valence-corrected chi connectivity index (χ4v) is 2.76. The minimum absolute atomic E-state index is 0.0973. The molecule has 2 heterocycles. The van der Waals surface area contributed by atoms with Gasteiger partial charge in [-0.1, -0.05) is 6.07 Å². The number of hydrogen-bond donors (Lipinski definition) is 1. The van der Waals surface area contributed by atoms with Crippen LogP contribution in [0.5, 0.6) is 11.6 Å². The van der Waals surface area contributed by atoms with Gasteiger partial charge in [0.25, 0.3) is 0 Å². The Morgan fingerprint density at radius 3 is 3.05 bits per heavy atom. The van der Waals surface area contributed by atoms with Crippen molar-refractivity contribution in [2.75, 3.05) is 0 Å². The van der Waals surface area contributed by atoms with Crippen LogP contribution in [0.25, 0.3) is 4.96 Å². The van der Waals surface area contributed by atoms with Crippen LogP contribution in [0.2, 0.25) is 0 Å². The smallest absolute Gasteiger partial charge is 0.311 e. The summed E-state index contributed by atoms with van der Waals surface area (Å²) in [6, 6.07) is 4.71. The van der Waals surface area contributed by atoms with Gasteiger partial charge in [-0.3, -0.25) is 14.5 Å². The van der Waals surface area contributed by atoms with E-state index >= 15 is 0 Å². The zero-order valence-corrected chi connectivity index (χ0v) is 12.0. The maximum atomic E-state index is 11.1. The summed E-state index contributed by atoms with van der Waals surface area (Å²) in [5, 5.41) is 13.0. The van der Waals surface area contributed by atoms with Crippen LogP contribution < -0.4 is 10.5 Å². The highest BCUT2D eigenvalue weighted by molar-refractivity contribution is 7.15. The molecule has 3 rings (SSSR count). The summed E-state index contributed by atoms with van der Waals surface area (Å²) in [6.45, 7) is 2.07. The number of aromatic nitrogens is 2. The molecule has 8 heteroatoms. The van der Waals surface area contributed by atoms with Gasteiger partial charge in [0.05, 0.1) is 4.92 Å². The second-order valence-corrected chi connectivity index (χ2v) is 5.33. The van der Waals surface area contributed by atoms with Crippen molar-refractivity contribution in [2.45, 2.75) is 13.5 Å². The molecule has 0 amide bonds. The van der Waals surface area contributed by atoms with Gasteiger partial charge in [0, 0.05) is 24.2 Å². The van der Waals surface area contributed by atoms with Gasteiger partial charge in [0.2, 0.25) is 11.6 Å². The number of fused-ring (bicyclic) bond motifs is 1. The Labute approximate surface area is 123 Å². The molecule has 0 aliphatic heterocycles. The molecular weight excluding hydrogens is 292 g/mol. The minimum atomic E-state index is -0.477. The Morgan fingerprint density at radius 2 is 2.33 bits per heavy atom. The summed E-state index contributed by atoms with van der Waals surface area (Å²) in [4.78, 5) is 15.7. The van der Waals surface area contributed by atoms with Crippen molar-refractivity contribution in [2.24, 2.45) is 5.73 Å². The van der Waals surface area contributed by atoms with Gasteiger partial charge in [-0.25, -0.2) is 0 Å². The summed E-state index contributed by atoms with van der Waals surface area (Å²) in [5.74, 6) is 0.471. The number of hydrogen-bond acceptors (Lipinski definition) is 6. The lowest BCUT2D eigenvalue weighted by Gasteiger charge is -2.06. The van der Waals surface area contributed by atoms with E-state index in [-0.39, 0.29) is 18.0 Å². The number of imidazole rings is 1. The Balaban J connectivity index is 2.07. The monoisotopic (exact) mass is 304 g/mol. The largest absolute Gasteiger partial charge is 0.430 e. The number of ether oxygens (including phenoxy) is 1. The zero-order valence-electron chi connectivity index (χ0n) is 11.1. The van der Waals surface area contributed by atoms with Crippen molar-refractivity contribution < 1.29 is 9.66 Å². The first kappa shape index (κ1) is 13.5. The summed E-state index contributed by atoms with van der Waals surface area (Å²) in [7, 11) is 0. The predicted octanol–water partition coefficient (Wildman–Crippen LogP) is 2.86. The van der Waals surface area contributed by atoms with Crippen LogP contribution in [0.4, 0.5) is 5.69 Å². The average Bonchev–Trinajstić information content (AvgIpc) is 2.98. The molecule has 1 aromatic carbocycles. The third-order valence-electron chi connectivity index (χ3n) is 3.04. The molecule has 0 unspecified atom stereocenters. The van der Waals surface area contributed by atoms with Gasteiger partial charge < -0.3 is 10.5 Å². The van der Waals surface area contributed by atoms with E-state index in [1.54, 1.807) is 12.1 Å². The Bertz CT molecular complexity index is 824. The number of thiazole rings is 1. The van der Waals surface area contributed by atoms with Gasteiger partial charge in [-0.05, 0) is 18.6 Å². The first-order valence-corrected chi connectivity index (χ1v) is 7.05. The van der Waals surface area contributed by atoms with Gasteiger partial charge in [-0.2, -0.15) is 4.98 Å². The van der Waals surface area contributed by atoms with E-state index in [4.69, 9.17) is 10.5 Å². The minimum Gasteiger partial charge on any atom is -0.430 e. The van der Waals surface area contributed by atoms with Crippen LogP contribution in [0, 0.1) is 17.0 Å². The molecule has 108 valence electrons. The fraction of sp³-hybridized carbons (Fsp3) is 0.154. The highest BCUT2D eigenvalue weighted by Crippen LogP contribution is 2.34. The van der Waals surface area contributed by atoms with Crippen LogP contribution in [-0.2, 0) is 6.54 Å². The lowest BCUT2D eigenvalue weighted by Crippen LogP contribution is -2.02. The zero-order chi connectivity index (χ0) is 15.0. The molecule has 0 aliphatic carbocycles. The molecule has 21 heavy (non-hydrogen) atoms. The summed E-state index contributed by atoms with van der Waals surface area (Å²) in [5.41, 5.74) is 7.18. The van der Waals surface area contributed by atoms with Crippen molar-refractivity contribution in [1.29, 1.82) is 0 Å². The molecule has 0 radical (unpaired) electrons. The summed E-state index contributed by atoms with van der Waals surface area (Å²) < 4.78 is 7.49. The number of nitrogens with two attached hydrogens (primary N) is 1. The topological polar surface area (TPSA) is 95.7 Å². The molecule has 0 aliphatic rings. The van der Waals surface area contributed by atoms with Crippen LogP contribution in [0.3, 0.4) is 0 Å². The first-order chi connectivity index (χ1) is 10.1. The molecule has 0 saturated heterocycles. The molecule has 3 aromatic rings. The van der Waals surface area contributed by atoms with Crippen molar-refractivity contribution in [1.82, 2.24) is 9.38 Å². The summed E-state index contributed by atoms with van der Waals surface area (Å²) in [6.07, 6.45) is 1.84. The maximum Gasteiger partial charge on any atom is 0.311 e. The van der Waals surface area contributed by atoms with Crippen molar-refractivity contribution in [3.8, 4) is 11.6 Å². The quantitative estimate of drug-likeness (QED) is 0.590. The van der Waals surface area contributed by atoms with Crippen LogP contribution in [0.15, 0.2) is 29.8 Å². The third-order valence-corrected chi connectivity index (χ3v) is 3.79. The van der Waals surface area contributed by atoms with Crippen LogP contribution in [0.1, 0.15) is 11.3 Å². The SMILES string of the molecule is Cc1ccc([N+](=O)[O-])c(Oc2nc3sccn3c2CN)c1. The van der Waals surface area contributed by atoms with Crippen LogP contribution in [-0.4, -0.2) is 14.3 Å². The maximum absolute atomic E-state index is 11.1. The van der Waals surface area contributed by atoms with E-state index in [0.717, 1.165) is 10.5 Å². The molecule has 2 aromatic heterocycles. The Morgan fingerprint density at radius 1 is 1.52 bits per heavy atom. The van der Waals surface area contributed by atoms with Gasteiger partial charge in [0.1, 0.15) is 5.69 Å². The molecule has 0 fully saturated rings. The highest BCUT2D eigenvalue weighted by atomic mass is 32.1. The van der Waals surface area contributed by atoms with E-state index in [1.807, 2.05) is 22.9 Å². The summed E-state index contributed by atoms with van der Waals surface area (Å²) >= 11 is 1.44. The van der Waals surface area contributed by atoms with Crippen molar-refractivity contribution in [3.63, 3.8) is 0 Å². The molecule has 7 nitrogen and oxygen atoms in total. The number of nitro groups is 1. The third kappa shape index (κ3) is 2.34. The van der Waals surface area contributed by atoms with E-state index < -0.39 is 4.92 Å². The molecule has 0 atom stereocenters.